The monoisotopic (exact) mass is 284 g/mol. The summed E-state index contributed by atoms with van der Waals surface area (Å²) >= 11 is 0. The Kier molecular flexibility index (Phi) is 2.09. The minimum Gasteiger partial charge on any atom is -0.0623 e. The predicted molar refractivity (Wildman–Crippen MR) is 88.7 cm³/mol. The van der Waals surface area contributed by atoms with Gasteiger partial charge < -0.3 is 0 Å². The first-order valence-corrected chi connectivity index (χ1v) is 8.77. The largest absolute Gasteiger partial charge is 0.0623 e. The van der Waals surface area contributed by atoms with Gasteiger partial charge in [-0.3, -0.25) is 0 Å². The molecule has 0 amide bonds. The predicted octanol–water partition coefficient (Wildman–Crippen LogP) is 4.37. The third-order valence-corrected chi connectivity index (χ3v) is 6.68. The van der Waals surface area contributed by atoms with Crippen LogP contribution in [-0.4, -0.2) is 0 Å². The van der Waals surface area contributed by atoms with Gasteiger partial charge in [0.2, 0.25) is 0 Å². The lowest BCUT2D eigenvalue weighted by molar-refractivity contribution is 0.648. The van der Waals surface area contributed by atoms with E-state index >= 15 is 0 Å². The van der Waals surface area contributed by atoms with Crippen LogP contribution in [0.2, 0.25) is 0 Å². The van der Waals surface area contributed by atoms with Gasteiger partial charge in [0.1, 0.15) is 0 Å². The molecule has 108 valence electrons. The van der Waals surface area contributed by atoms with Crippen molar-refractivity contribution in [2.45, 2.75) is 25.7 Å². The molecule has 2 saturated carbocycles. The summed E-state index contributed by atoms with van der Waals surface area (Å²) < 4.78 is 0. The van der Waals surface area contributed by atoms with E-state index in [4.69, 9.17) is 0 Å². The molecule has 0 unspecified atom stereocenters. The number of hydrogen-bond donors (Lipinski definition) is 0. The minimum atomic E-state index is 0.901. The van der Waals surface area contributed by atoms with Crippen LogP contribution in [0.4, 0.5) is 0 Å². The topological polar surface area (TPSA) is 0 Å². The molecule has 0 bridgehead atoms. The molecule has 0 heteroatoms. The molecule has 2 aromatic carbocycles. The molecule has 4 aliphatic rings. The van der Waals surface area contributed by atoms with E-state index in [1.165, 1.54) is 25.7 Å². The Hall–Kier alpha value is -1.82. The first kappa shape index (κ1) is 11.7. The Labute approximate surface area is 131 Å². The summed E-state index contributed by atoms with van der Waals surface area (Å²) in [4.78, 5) is 0. The third kappa shape index (κ3) is 1.48. The van der Waals surface area contributed by atoms with E-state index in [2.05, 4.69) is 48.5 Å². The molecule has 0 spiro atoms. The SMILES string of the molecule is c1ccc2c(c1)C[C@@H]1C(=C3[C@H]4Cc5ccccc5C[C@@H]34)[C@@H]1C2. The second-order valence-electron chi connectivity index (χ2n) is 7.69. The Morgan fingerprint density at radius 2 is 0.727 bits per heavy atom. The summed E-state index contributed by atoms with van der Waals surface area (Å²) in [7, 11) is 0. The van der Waals surface area contributed by atoms with Crippen LogP contribution in [0.5, 0.6) is 0 Å². The van der Waals surface area contributed by atoms with E-state index in [0.29, 0.717) is 0 Å². The molecule has 0 saturated heterocycles. The highest BCUT2D eigenvalue weighted by molar-refractivity contribution is 5.54. The van der Waals surface area contributed by atoms with Crippen molar-refractivity contribution < 1.29 is 0 Å². The van der Waals surface area contributed by atoms with Crippen LogP contribution in [0.1, 0.15) is 22.3 Å². The number of hydrogen-bond acceptors (Lipinski definition) is 0. The van der Waals surface area contributed by atoms with Crippen LogP contribution in [-0.2, 0) is 25.7 Å². The van der Waals surface area contributed by atoms with Gasteiger partial charge in [0.15, 0.2) is 0 Å². The van der Waals surface area contributed by atoms with Crippen LogP contribution < -0.4 is 0 Å². The molecular weight excluding hydrogens is 264 g/mol. The minimum absolute atomic E-state index is 0.901. The van der Waals surface area contributed by atoms with E-state index in [1.54, 1.807) is 22.3 Å². The van der Waals surface area contributed by atoms with Crippen LogP contribution in [0.3, 0.4) is 0 Å². The van der Waals surface area contributed by atoms with E-state index in [9.17, 15) is 0 Å². The van der Waals surface area contributed by atoms with Crippen molar-refractivity contribution in [1.29, 1.82) is 0 Å². The van der Waals surface area contributed by atoms with Crippen molar-refractivity contribution in [2.24, 2.45) is 23.7 Å². The molecule has 2 fully saturated rings. The van der Waals surface area contributed by atoms with Gasteiger partial charge in [0, 0.05) is 0 Å². The Bertz CT molecular complexity index is 690. The van der Waals surface area contributed by atoms with Gasteiger partial charge in [0.05, 0.1) is 0 Å². The maximum absolute atomic E-state index is 2.35. The number of allylic oxidation sites excluding steroid dienone is 2. The molecule has 0 nitrogen and oxygen atoms in total. The summed E-state index contributed by atoms with van der Waals surface area (Å²) in [5, 5.41) is 0. The van der Waals surface area contributed by atoms with Crippen molar-refractivity contribution >= 4 is 0 Å². The fourth-order valence-electron chi connectivity index (χ4n) is 5.48. The molecule has 0 N–H and O–H groups in total. The van der Waals surface area contributed by atoms with Gasteiger partial charge in [-0.05, 0) is 71.6 Å². The van der Waals surface area contributed by atoms with Gasteiger partial charge in [-0.1, -0.05) is 59.7 Å². The highest BCUT2D eigenvalue weighted by atomic mass is 14.6. The fraction of sp³-hybridized carbons (Fsp3) is 0.364. The first-order valence-electron chi connectivity index (χ1n) is 8.77. The molecular formula is C22H20. The van der Waals surface area contributed by atoms with Crippen molar-refractivity contribution in [3.63, 3.8) is 0 Å². The lowest BCUT2D eigenvalue weighted by atomic mass is 9.92. The zero-order valence-corrected chi connectivity index (χ0v) is 12.8. The average molecular weight is 284 g/mol. The lowest BCUT2D eigenvalue weighted by Crippen LogP contribution is -2.04. The molecule has 0 aliphatic heterocycles. The zero-order chi connectivity index (χ0) is 14.3. The first-order chi connectivity index (χ1) is 10.9. The van der Waals surface area contributed by atoms with Gasteiger partial charge in [-0.25, -0.2) is 0 Å². The molecule has 0 heterocycles. The average Bonchev–Trinajstić information content (AvgIpc) is 3.44. The fourth-order valence-corrected chi connectivity index (χ4v) is 5.48. The number of rotatable bonds is 0. The summed E-state index contributed by atoms with van der Waals surface area (Å²) in [6.07, 6.45) is 5.25. The summed E-state index contributed by atoms with van der Waals surface area (Å²) in [6.45, 7) is 0. The molecule has 4 atom stereocenters. The van der Waals surface area contributed by atoms with Crippen LogP contribution in [0.15, 0.2) is 59.7 Å². The van der Waals surface area contributed by atoms with E-state index in [0.717, 1.165) is 23.7 Å². The van der Waals surface area contributed by atoms with Crippen LogP contribution >= 0.6 is 0 Å². The summed E-state index contributed by atoms with van der Waals surface area (Å²) in [5.74, 6) is 3.61. The quantitative estimate of drug-likeness (QED) is 0.630. The maximum Gasteiger partial charge on any atom is -0.00876 e. The maximum atomic E-state index is 2.35. The van der Waals surface area contributed by atoms with Gasteiger partial charge >= 0.3 is 0 Å². The highest BCUT2D eigenvalue weighted by Gasteiger charge is 2.57. The van der Waals surface area contributed by atoms with Crippen molar-refractivity contribution in [3.8, 4) is 0 Å². The number of fused-ring (bicyclic) bond motifs is 4. The van der Waals surface area contributed by atoms with E-state index in [-0.39, 0.29) is 0 Å². The third-order valence-electron chi connectivity index (χ3n) is 6.68. The Balaban J connectivity index is 1.33. The van der Waals surface area contributed by atoms with Crippen LogP contribution in [0.25, 0.3) is 0 Å². The smallest absolute Gasteiger partial charge is 0.00876 e. The summed E-state index contributed by atoms with van der Waals surface area (Å²) in [5.41, 5.74) is 10.2. The highest BCUT2D eigenvalue weighted by Crippen LogP contribution is 2.65. The molecule has 0 radical (unpaired) electrons. The van der Waals surface area contributed by atoms with Crippen LogP contribution in [0, 0.1) is 23.7 Å². The zero-order valence-electron chi connectivity index (χ0n) is 12.8. The van der Waals surface area contributed by atoms with Crippen molar-refractivity contribution in [3.05, 3.63) is 81.9 Å². The van der Waals surface area contributed by atoms with Gasteiger partial charge in [-0.15, -0.1) is 0 Å². The molecule has 6 rings (SSSR count). The lowest BCUT2D eigenvalue weighted by Gasteiger charge is -2.12. The molecule has 2 aromatic rings. The molecule has 0 aromatic heterocycles. The van der Waals surface area contributed by atoms with Gasteiger partial charge in [-0.2, -0.15) is 0 Å². The Morgan fingerprint density at radius 3 is 1.00 bits per heavy atom. The van der Waals surface area contributed by atoms with Gasteiger partial charge in [0.25, 0.3) is 0 Å². The second kappa shape index (κ2) is 3.93. The van der Waals surface area contributed by atoms with E-state index in [1.807, 2.05) is 11.1 Å². The van der Waals surface area contributed by atoms with E-state index < -0.39 is 0 Å². The number of benzene rings is 2. The molecule has 22 heavy (non-hydrogen) atoms. The Morgan fingerprint density at radius 1 is 0.455 bits per heavy atom. The molecule has 4 aliphatic carbocycles. The van der Waals surface area contributed by atoms with Crippen molar-refractivity contribution in [2.75, 3.05) is 0 Å². The normalized spacial score (nSPS) is 36.7. The standard InChI is InChI=1S/C22H20/c1-2-6-14-10-18-17(9-13(14)5-1)21(18)22-19-11-15-7-3-4-8-16(15)12-20(19)22/h1-8,17-20H,9-12H2/t17-,18+,19-,20+. The second-order valence-corrected chi connectivity index (χ2v) is 7.69. The van der Waals surface area contributed by atoms with Crippen molar-refractivity contribution in [1.82, 2.24) is 0 Å². The summed E-state index contributed by atoms with van der Waals surface area (Å²) in [6, 6.07) is 18.2.